The summed E-state index contributed by atoms with van der Waals surface area (Å²) < 4.78 is 12.3. The fraction of sp³-hybridized carbons (Fsp3) is 0.350. The number of morpholine rings is 1. The van der Waals surface area contributed by atoms with Gasteiger partial charge in [0.05, 0.1) is 19.8 Å². The van der Waals surface area contributed by atoms with E-state index in [0.29, 0.717) is 42.6 Å². The maximum atomic E-state index is 13.1. The molecule has 0 N–H and O–H groups in total. The SMILES string of the molecule is O=COCCCN1C(=O)c2cccc3cc(SN4CCOCC4)cc(c23)C1=O. The van der Waals surface area contributed by atoms with Crippen LogP contribution in [0.3, 0.4) is 0 Å². The number of carbonyl (C=O) groups is 3. The first kappa shape index (κ1) is 18.9. The van der Waals surface area contributed by atoms with E-state index in [-0.39, 0.29) is 25.0 Å². The Kier molecular flexibility index (Phi) is 5.61. The Morgan fingerprint density at radius 3 is 2.68 bits per heavy atom. The summed E-state index contributed by atoms with van der Waals surface area (Å²) in [5.41, 5.74) is 1.08. The first-order valence-corrected chi connectivity index (χ1v) is 9.95. The Morgan fingerprint density at radius 2 is 1.89 bits per heavy atom. The minimum atomic E-state index is -0.303. The molecular weight excluding hydrogens is 380 g/mol. The van der Waals surface area contributed by atoms with E-state index in [1.54, 1.807) is 18.0 Å². The van der Waals surface area contributed by atoms with Crippen molar-refractivity contribution in [1.82, 2.24) is 9.21 Å². The molecule has 28 heavy (non-hydrogen) atoms. The van der Waals surface area contributed by atoms with Crippen molar-refractivity contribution in [1.29, 1.82) is 0 Å². The fourth-order valence-electron chi connectivity index (χ4n) is 3.53. The number of nitrogens with zero attached hydrogens (tertiary/aromatic N) is 2. The number of carbonyl (C=O) groups excluding carboxylic acids is 3. The third-order valence-electron chi connectivity index (χ3n) is 4.82. The van der Waals surface area contributed by atoms with Crippen molar-refractivity contribution in [3.63, 3.8) is 0 Å². The number of imide groups is 1. The summed E-state index contributed by atoms with van der Waals surface area (Å²) in [6, 6.07) is 9.42. The first-order valence-electron chi connectivity index (χ1n) is 9.18. The molecule has 0 unspecified atom stereocenters. The number of ether oxygens (including phenoxy) is 2. The molecule has 4 rings (SSSR count). The first-order chi connectivity index (χ1) is 13.7. The van der Waals surface area contributed by atoms with Crippen molar-refractivity contribution in [2.75, 3.05) is 39.5 Å². The zero-order valence-corrected chi connectivity index (χ0v) is 16.1. The van der Waals surface area contributed by atoms with Crippen LogP contribution in [0.25, 0.3) is 10.8 Å². The molecule has 2 aromatic carbocycles. The third-order valence-corrected chi connectivity index (χ3v) is 5.89. The summed E-state index contributed by atoms with van der Waals surface area (Å²) >= 11 is 1.61. The van der Waals surface area contributed by atoms with Gasteiger partial charge in [0.25, 0.3) is 18.3 Å². The molecule has 2 aromatic rings. The van der Waals surface area contributed by atoms with Gasteiger partial charge in [0.1, 0.15) is 0 Å². The second-order valence-electron chi connectivity index (χ2n) is 6.59. The molecule has 0 aliphatic carbocycles. The van der Waals surface area contributed by atoms with Gasteiger partial charge in [-0.05, 0) is 42.0 Å². The summed E-state index contributed by atoms with van der Waals surface area (Å²) in [5, 5.41) is 1.60. The highest BCUT2D eigenvalue weighted by atomic mass is 32.2. The molecule has 0 bridgehead atoms. The normalized spacial score (nSPS) is 17.2. The van der Waals surface area contributed by atoms with Gasteiger partial charge in [-0.15, -0.1) is 0 Å². The average molecular weight is 400 g/mol. The van der Waals surface area contributed by atoms with Gasteiger partial charge in [-0.25, -0.2) is 4.31 Å². The van der Waals surface area contributed by atoms with Gasteiger partial charge in [0, 0.05) is 41.0 Å². The Balaban J connectivity index is 1.66. The van der Waals surface area contributed by atoms with Crippen molar-refractivity contribution < 1.29 is 23.9 Å². The van der Waals surface area contributed by atoms with Crippen LogP contribution in [0.2, 0.25) is 0 Å². The molecule has 8 heteroatoms. The van der Waals surface area contributed by atoms with E-state index in [1.165, 1.54) is 4.90 Å². The van der Waals surface area contributed by atoms with Crippen LogP contribution >= 0.6 is 11.9 Å². The van der Waals surface area contributed by atoms with Crippen molar-refractivity contribution in [3.8, 4) is 0 Å². The lowest BCUT2D eigenvalue weighted by Crippen LogP contribution is -2.41. The Morgan fingerprint density at radius 1 is 1.11 bits per heavy atom. The molecule has 1 saturated heterocycles. The third kappa shape index (κ3) is 3.63. The summed E-state index contributed by atoms with van der Waals surface area (Å²) in [4.78, 5) is 38.4. The predicted octanol–water partition coefficient (Wildman–Crippen LogP) is 2.34. The number of rotatable bonds is 7. The zero-order chi connectivity index (χ0) is 19.5. The van der Waals surface area contributed by atoms with E-state index in [2.05, 4.69) is 9.04 Å². The van der Waals surface area contributed by atoms with E-state index in [4.69, 9.17) is 4.74 Å². The van der Waals surface area contributed by atoms with Crippen molar-refractivity contribution in [2.24, 2.45) is 0 Å². The minimum absolute atomic E-state index is 0.171. The highest BCUT2D eigenvalue weighted by Crippen LogP contribution is 2.35. The summed E-state index contributed by atoms with van der Waals surface area (Å²) in [6.45, 7) is 3.79. The molecule has 0 aromatic heterocycles. The van der Waals surface area contributed by atoms with E-state index >= 15 is 0 Å². The Bertz CT molecular complexity index is 926. The quantitative estimate of drug-likeness (QED) is 0.306. The number of hydrogen-bond donors (Lipinski definition) is 0. The van der Waals surface area contributed by atoms with E-state index < -0.39 is 0 Å². The van der Waals surface area contributed by atoms with Crippen LogP contribution in [0.5, 0.6) is 0 Å². The van der Waals surface area contributed by atoms with Gasteiger partial charge in [0.15, 0.2) is 0 Å². The number of benzene rings is 2. The van der Waals surface area contributed by atoms with E-state index in [0.717, 1.165) is 23.4 Å². The molecule has 146 valence electrons. The lowest BCUT2D eigenvalue weighted by Gasteiger charge is -2.29. The summed E-state index contributed by atoms with van der Waals surface area (Å²) in [6.07, 6.45) is 0.406. The number of amides is 2. The molecule has 0 atom stereocenters. The molecule has 2 amide bonds. The topological polar surface area (TPSA) is 76.2 Å². The monoisotopic (exact) mass is 400 g/mol. The molecule has 1 fully saturated rings. The van der Waals surface area contributed by atoms with Gasteiger partial charge in [-0.2, -0.15) is 0 Å². The van der Waals surface area contributed by atoms with Crippen LogP contribution in [0, 0.1) is 0 Å². The zero-order valence-electron chi connectivity index (χ0n) is 15.3. The fourth-order valence-corrected chi connectivity index (χ4v) is 4.51. The molecule has 2 aliphatic rings. The van der Waals surface area contributed by atoms with Gasteiger partial charge in [0.2, 0.25) is 0 Å². The molecule has 0 spiro atoms. The highest BCUT2D eigenvalue weighted by Gasteiger charge is 2.33. The van der Waals surface area contributed by atoms with Gasteiger partial charge in [-0.3, -0.25) is 19.3 Å². The van der Waals surface area contributed by atoms with Crippen LogP contribution in [0.15, 0.2) is 35.2 Å². The Labute approximate surface area is 166 Å². The maximum Gasteiger partial charge on any atom is 0.293 e. The minimum Gasteiger partial charge on any atom is -0.468 e. The van der Waals surface area contributed by atoms with E-state index in [1.807, 2.05) is 24.3 Å². The van der Waals surface area contributed by atoms with Crippen LogP contribution in [0.1, 0.15) is 27.1 Å². The Hall–Kier alpha value is -2.42. The smallest absolute Gasteiger partial charge is 0.293 e. The molecule has 7 nitrogen and oxygen atoms in total. The summed E-state index contributed by atoms with van der Waals surface area (Å²) in [7, 11) is 0. The number of hydrogen-bond acceptors (Lipinski definition) is 7. The molecule has 0 radical (unpaired) electrons. The van der Waals surface area contributed by atoms with Crippen molar-refractivity contribution >= 4 is 41.0 Å². The van der Waals surface area contributed by atoms with Crippen molar-refractivity contribution in [2.45, 2.75) is 11.3 Å². The molecule has 0 saturated carbocycles. The average Bonchev–Trinajstić information content (AvgIpc) is 2.72. The maximum absolute atomic E-state index is 13.1. The molecule has 2 heterocycles. The highest BCUT2D eigenvalue weighted by molar-refractivity contribution is 7.97. The lowest BCUT2D eigenvalue weighted by molar-refractivity contribution is -0.128. The molecular formula is C20H20N2O5S. The largest absolute Gasteiger partial charge is 0.468 e. The van der Waals surface area contributed by atoms with E-state index in [9.17, 15) is 14.4 Å². The van der Waals surface area contributed by atoms with Crippen LogP contribution < -0.4 is 0 Å². The second kappa shape index (κ2) is 8.30. The van der Waals surface area contributed by atoms with Crippen LogP contribution in [-0.2, 0) is 14.3 Å². The van der Waals surface area contributed by atoms with Crippen molar-refractivity contribution in [3.05, 3.63) is 41.5 Å². The van der Waals surface area contributed by atoms with Gasteiger partial charge in [-0.1, -0.05) is 12.1 Å². The predicted molar refractivity (Wildman–Crippen MR) is 104 cm³/mol. The van der Waals surface area contributed by atoms with Gasteiger partial charge >= 0.3 is 0 Å². The van der Waals surface area contributed by atoms with Crippen LogP contribution in [0.4, 0.5) is 0 Å². The van der Waals surface area contributed by atoms with Crippen LogP contribution in [-0.4, -0.2) is 66.9 Å². The van der Waals surface area contributed by atoms with Gasteiger partial charge < -0.3 is 9.47 Å². The standard InChI is InChI=1S/C20H20N2O5S/c23-13-27-8-2-5-22-19(24)16-4-1-3-14-11-15(12-17(18(14)16)20(22)25)28-21-6-9-26-10-7-21/h1,3-4,11-13H,2,5-10H2. The summed E-state index contributed by atoms with van der Waals surface area (Å²) in [5.74, 6) is -0.605. The molecule has 2 aliphatic heterocycles. The lowest BCUT2D eigenvalue weighted by atomic mass is 9.94. The second-order valence-corrected chi connectivity index (χ2v) is 7.76.